The molecule has 2 aromatic heterocycles. The summed E-state index contributed by atoms with van der Waals surface area (Å²) in [7, 11) is 1.65. The molecule has 4 heterocycles. The van der Waals surface area contributed by atoms with Crippen molar-refractivity contribution in [3.05, 3.63) is 136 Å². The molecule has 13 nitrogen and oxygen atoms in total. The highest BCUT2D eigenvalue weighted by Crippen LogP contribution is 2.34. The van der Waals surface area contributed by atoms with Crippen LogP contribution in [0, 0.1) is 25.7 Å². The number of hydrogen-bond acceptors (Lipinski definition) is 8. The molecule has 2 atom stereocenters. The van der Waals surface area contributed by atoms with Gasteiger partial charge in [0.05, 0.1) is 30.3 Å². The van der Waals surface area contributed by atoms with Gasteiger partial charge in [-0.1, -0.05) is 60.1 Å². The molecule has 2 aliphatic heterocycles. The number of benzene rings is 3. The Morgan fingerprint density at radius 1 is 0.818 bits per heavy atom. The number of nitrogens with one attached hydrogen (secondary N) is 3. The molecule has 1 saturated heterocycles. The molecular weight excluding hydrogens is 718 g/mol. The molecule has 0 radical (unpaired) electrons. The molecule has 5 aromatic rings. The molecule has 0 spiro atoms. The first kappa shape index (κ1) is 37.0. The third-order valence-corrected chi connectivity index (χ3v) is 10.1. The summed E-state index contributed by atoms with van der Waals surface area (Å²) < 4.78 is 0. The lowest BCUT2D eigenvalue weighted by Gasteiger charge is -2.35. The Kier molecular flexibility index (Phi) is 10.7. The van der Waals surface area contributed by atoms with Crippen LogP contribution in [0.4, 0.5) is 27.9 Å². The fourth-order valence-electron chi connectivity index (χ4n) is 6.78. The predicted molar refractivity (Wildman–Crippen MR) is 210 cm³/mol. The van der Waals surface area contributed by atoms with E-state index in [1.54, 1.807) is 59.6 Å². The predicted octanol–water partition coefficient (Wildman–Crippen LogP) is 5.78. The first-order valence-electron chi connectivity index (χ1n) is 17.9. The van der Waals surface area contributed by atoms with Crippen LogP contribution in [0.1, 0.15) is 38.3 Å². The minimum atomic E-state index is -0.785. The van der Waals surface area contributed by atoms with Gasteiger partial charge in [0.2, 0.25) is 17.8 Å². The van der Waals surface area contributed by atoms with Crippen molar-refractivity contribution in [2.45, 2.75) is 33.5 Å². The second kappa shape index (κ2) is 15.9. The number of halogens is 1. The second-order valence-corrected chi connectivity index (χ2v) is 14.2. The maximum Gasteiger partial charge on any atom is 0.330 e. The van der Waals surface area contributed by atoms with E-state index in [9.17, 15) is 19.2 Å². The van der Waals surface area contributed by atoms with E-state index in [-0.39, 0.29) is 49.9 Å². The zero-order valence-corrected chi connectivity index (χ0v) is 31.4. The van der Waals surface area contributed by atoms with Crippen LogP contribution in [-0.2, 0) is 29.2 Å². The molecule has 1 fully saturated rings. The smallest absolute Gasteiger partial charge is 0.330 e. The van der Waals surface area contributed by atoms with Gasteiger partial charge >= 0.3 is 6.03 Å². The summed E-state index contributed by atoms with van der Waals surface area (Å²) in [5.41, 5.74) is 5.76. The number of nitrogens with zero attached hydrogens (tertiary/aromatic N) is 6. The molecule has 55 heavy (non-hydrogen) atoms. The third-order valence-electron chi connectivity index (χ3n) is 9.89. The molecule has 3 aromatic carbocycles. The summed E-state index contributed by atoms with van der Waals surface area (Å²) in [4.78, 5) is 73.3. The average Bonchev–Trinajstić information content (AvgIpc) is 3.65. The van der Waals surface area contributed by atoms with Crippen LogP contribution < -0.4 is 25.8 Å². The van der Waals surface area contributed by atoms with Gasteiger partial charge in [0.15, 0.2) is 0 Å². The standard InChI is InChI=1S/C41H40ClN9O4/c1-25-9-13-29(17-35(25)51-22-30-20-46-40(48-36(30)49(3)41(51)55)47-32-16-10-26(2)43-21-32)39(54)50-23-33(37(52)44-18-27-7-5-4-6-8-27)34(24-50)38(53)45-19-28-11-14-31(42)15-12-28/h4-17,20-21,33-34H,18-19,22-24H2,1-3H3,(H,44,52)(H,45,53)(H,46,47,48). The Labute approximate surface area is 323 Å². The van der Waals surface area contributed by atoms with Crippen LogP contribution in [0.3, 0.4) is 0 Å². The van der Waals surface area contributed by atoms with Crippen LogP contribution in [0.25, 0.3) is 0 Å². The highest BCUT2D eigenvalue weighted by Gasteiger charge is 2.44. The average molecular weight is 758 g/mol. The van der Waals surface area contributed by atoms with Crippen LogP contribution in [0.2, 0.25) is 5.02 Å². The van der Waals surface area contributed by atoms with Gasteiger partial charge in [-0.2, -0.15) is 4.98 Å². The molecule has 5 amide bonds. The Bertz CT molecular complexity index is 2240. The maximum absolute atomic E-state index is 14.2. The van der Waals surface area contributed by atoms with Crippen molar-refractivity contribution in [3.63, 3.8) is 0 Å². The summed E-state index contributed by atoms with van der Waals surface area (Å²) in [6.07, 6.45) is 3.37. The van der Waals surface area contributed by atoms with E-state index in [2.05, 4.69) is 30.9 Å². The van der Waals surface area contributed by atoms with Crippen molar-refractivity contribution in [1.29, 1.82) is 0 Å². The van der Waals surface area contributed by atoms with E-state index in [0.717, 1.165) is 33.6 Å². The first-order chi connectivity index (χ1) is 26.5. The topological polar surface area (TPSA) is 153 Å². The lowest BCUT2D eigenvalue weighted by atomic mass is 9.94. The number of carbonyl (C=O) groups excluding carboxylic acids is 4. The van der Waals surface area contributed by atoms with Gasteiger partial charge < -0.3 is 20.9 Å². The number of likely N-dealkylation sites (tertiary alicyclic amines) is 1. The van der Waals surface area contributed by atoms with E-state index in [1.165, 1.54) is 4.90 Å². The zero-order chi connectivity index (χ0) is 38.6. The van der Waals surface area contributed by atoms with Crippen molar-refractivity contribution >= 4 is 58.5 Å². The minimum absolute atomic E-state index is 0.0447. The van der Waals surface area contributed by atoms with E-state index in [0.29, 0.717) is 34.6 Å². The monoisotopic (exact) mass is 757 g/mol. The van der Waals surface area contributed by atoms with Gasteiger partial charge in [0.1, 0.15) is 5.82 Å². The molecule has 3 N–H and O–H groups in total. The van der Waals surface area contributed by atoms with E-state index in [1.807, 2.05) is 68.4 Å². The van der Waals surface area contributed by atoms with Crippen molar-refractivity contribution in [2.24, 2.45) is 11.8 Å². The summed E-state index contributed by atoms with van der Waals surface area (Å²) in [6.45, 7) is 4.59. The quantitative estimate of drug-likeness (QED) is 0.162. The van der Waals surface area contributed by atoms with Crippen molar-refractivity contribution in [1.82, 2.24) is 30.5 Å². The highest BCUT2D eigenvalue weighted by atomic mass is 35.5. The van der Waals surface area contributed by atoms with Crippen LogP contribution >= 0.6 is 11.6 Å². The molecule has 2 unspecified atom stereocenters. The summed E-state index contributed by atoms with van der Waals surface area (Å²) in [5, 5.41) is 9.63. The largest absolute Gasteiger partial charge is 0.352 e. The van der Waals surface area contributed by atoms with Gasteiger partial charge in [0.25, 0.3) is 5.91 Å². The second-order valence-electron chi connectivity index (χ2n) is 13.8. The summed E-state index contributed by atoms with van der Waals surface area (Å²) in [6, 6.07) is 25.2. The fourth-order valence-corrected chi connectivity index (χ4v) is 6.91. The number of hydrogen-bond donors (Lipinski definition) is 3. The molecule has 280 valence electrons. The number of pyridine rings is 1. The van der Waals surface area contributed by atoms with Crippen LogP contribution in [0.15, 0.2) is 97.3 Å². The number of rotatable bonds is 10. The van der Waals surface area contributed by atoms with E-state index in [4.69, 9.17) is 11.6 Å². The third kappa shape index (κ3) is 8.26. The normalized spacial score (nSPS) is 16.4. The van der Waals surface area contributed by atoms with E-state index < -0.39 is 11.8 Å². The molecule has 2 aliphatic rings. The number of urea groups is 1. The molecular formula is C41H40ClN9O4. The molecule has 0 aliphatic carbocycles. The van der Waals surface area contributed by atoms with Crippen LogP contribution in [-0.4, -0.2) is 63.7 Å². The number of amides is 5. The SMILES string of the molecule is Cc1ccc(Nc2ncc3c(n2)N(C)C(=O)N(c2cc(C(=O)N4CC(C(=O)NCc5ccccc5)C(C(=O)NCc5ccc(Cl)cc5)C4)ccc2C)C3)cn1. The van der Waals surface area contributed by atoms with Crippen molar-refractivity contribution in [2.75, 3.05) is 35.3 Å². The number of fused-ring (bicyclic) bond motifs is 1. The maximum atomic E-state index is 14.2. The lowest BCUT2D eigenvalue weighted by molar-refractivity contribution is -0.133. The number of aryl methyl sites for hydroxylation is 2. The Balaban J connectivity index is 1.09. The molecule has 14 heteroatoms. The zero-order valence-electron chi connectivity index (χ0n) is 30.6. The van der Waals surface area contributed by atoms with Gasteiger partial charge in [0, 0.05) is 67.0 Å². The van der Waals surface area contributed by atoms with Crippen molar-refractivity contribution in [3.8, 4) is 0 Å². The van der Waals surface area contributed by atoms with Crippen molar-refractivity contribution < 1.29 is 19.2 Å². The minimum Gasteiger partial charge on any atom is -0.352 e. The summed E-state index contributed by atoms with van der Waals surface area (Å²) >= 11 is 6.03. The molecule has 7 rings (SSSR count). The van der Waals surface area contributed by atoms with Gasteiger partial charge in [-0.05, 0) is 66.9 Å². The fraction of sp³-hybridized carbons (Fsp3) is 0.244. The van der Waals surface area contributed by atoms with Gasteiger partial charge in [-0.3, -0.25) is 29.2 Å². The Hall–Kier alpha value is -6.34. The molecule has 0 saturated carbocycles. The van der Waals surface area contributed by atoms with E-state index >= 15 is 0 Å². The lowest BCUT2D eigenvalue weighted by Crippen LogP contribution is -2.46. The number of carbonyl (C=O) groups is 4. The first-order valence-corrected chi connectivity index (χ1v) is 18.3. The molecule has 0 bridgehead atoms. The number of aromatic nitrogens is 3. The Morgan fingerprint density at radius 3 is 2.15 bits per heavy atom. The van der Waals surface area contributed by atoms with Gasteiger partial charge in [-0.15, -0.1) is 0 Å². The Morgan fingerprint density at radius 2 is 1.49 bits per heavy atom. The van der Waals surface area contributed by atoms with Crippen LogP contribution in [0.5, 0.6) is 0 Å². The summed E-state index contributed by atoms with van der Waals surface area (Å²) in [5.74, 6) is -1.75. The number of anilines is 4. The van der Waals surface area contributed by atoms with Gasteiger partial charge in [-0.25, -0.2) is 9.78 Å². The highest BCUT2D eigenvalue weighted by molar-refractivity contribution is 6.30.